The van der Waals surface area contributed by atoms with E-state index >= 15 is 0 Å². The quantitative estimate of drug-likeness (QED) is 0.678. The highest BCUT2D eigenvalue weighted by atomic mass is 16.2. The number of likely N-dealkylation sites (N-methyl/N-ethyl adjacent to an activating group) is 1. The number of hydrogen-bond donors (Lipinski definition) is 2. The largest absolute Gasteiger partial charge is 0.351 e. The van der Waals surface area contributed by atoms with Crippen LogP contribution in [-0.4, -0.2) is 66.3 Å². The zero-order valence-electron chi connectivity index (χ0n) is 15.1. The number of amides is 3. The molecule has 7 nitrogen and oxygen atoms in total. The van der Waals surface area contributed by atoms with Crippen LogP contribution in [0.2, 0.25) is 0 Å². The van der Waals surface area contributed by atoms with Crippen LogP contribution < -0.4 is 10.6 Å². The van der Waals surface area contributed by atoms with E-state index in [0.717, 1.165) is 19.5 Å². The molecule has 2 saturated heterocycles. The average Bonchev–Trinajstić information content (AvgIpc) is 3.05. The number of nitrogens with zero attached hydrogens (tertiary/aromatic N) is 2. The molecule has 1 aromatic rings. The van der Waals surface area contributed by atoms with E-state index in [2.05, 4.69) is 22.8 Å². The topological polar surface area (TPSA) is 81.8 Å². The van der Waals surface area contributed by atoms with Crippen molar-refractivity contribution in [3.05, 3.63) is 35.9 Å². The maximum absolute atomic E-state index is 12.2. The van der Waals surface area contributed by atoms with Gasteiger partial charge in [-0.05, 0) is 24.9 Å². The lowest BCUT2D eigenvalue weighted by molar-refractivity contribution is -0.152. The molecule has 2 fully saturated rings. The molecule has 0 unspecified atom stereocenters. The normalized spacial score (nSPS) is 22.5. The van der Waals surface area contributed by atoms with Crippen LogP contribution in [0, 0.1) is 0 Å². The first-order chi connectivity index (χ1) is 12.5. The predicted octanol–water partition coefficient (Wildman–Crippen LogP) is 0.114. The number of benzene rings is 1. The van der Waals surface area contributed by atoms with Crippen molar-refractivity contribution < 1.29 is 14.4 Å². The highest BCUT2D eigenvalue weighted by molar-refractivity contribution is 5.95. The van der Waals surface area contributed by atoms with Gasteiger partial charge in [0.1, 0.15) is 6.04 Å². The van der Waals surface area contributed by atoms with Crippen molar-refractivity contribution in [2.24, 2.45) is 0 Å². The van der Waals surface area contributed by atoms with Crippen molar-refractivity contribution >= 4 is 17.7 Å². The second kappa shape index (κ2) is 8.31. The Kier molecular flexibility index (Phi) is 5.88. The van der Waals surface area contributed by atoms with Crippen molar-refractivity contribution in [2.75, 3.05) is 26.7 Å². The van der Waals surface area contributed by atoms with Crippen LogP contribution in [0.15, 0.2) is 30.3 Å². The summed E-state index contributed by atoms with van der Waals surface area (Å²) in [7, 11) is 1.64. The van der Waals surface area contributed by atoms with Gasteiger partial charge in [0.15, 0.2) is 0 Å². The van der Waals surface area contributed by atoms with Crippen molar-refractivity contribution in [2.45, 2.75) is 37.9 Å². The fourth-order valence-electron chi connectivity index (χ4n) is 3.58. The van der Waals surface area contributed by atoms with Crippen molar-refractivity contribution in [3.63, 3.8) is 0 Å². The summed E-state index contributed by atoms with van der Waals surface area (Å²) in [6.45, 7) is 2.12. The van der Waals surface area contributed by atoms with Crippen LogP contribution in [0.25, 0.3) is 0 Å². The van der Waals surface area contributed by atoms with E-state index in [4.69, 9.17) is 0 Å². The second-order valence-corrected chi connectivity index (χ2v) is 7.02. The molecule has 0 spiro atoms. The van der Waals surface area contributed by atoms with Gasteiger partial charge in [0.2, 0.25) is 17.7 Å². The summed E-state index contributed by atoms with van der Waals surface area (Å²) >= 11 is 0. The van der Waals surface area contributed by atoms with Crippen molar-refractivity contribution in [1.29, 1.82) is 0 Å². The van der Waals surface area contributed by atoms with Crippen LogP contribution in [0.1, 0.15) is 24.8 Å². The van der Waals surface area contributed by atoms with Gasteiger partial charge in [-0.2, -0.15) is 0 Å². The van der Waals surface area contributed by atoms with Crippen LogP contribution >= 0.6 is 0 Å². The van der Waals surface area contributed by atoms with E-state index in [1.54, 1.807) is 11.9 Å². The summed E-state index contributed by atoms with van der Waals surface area (Å²) in [4.78, 5) is 39.4. The smallest absolute Gasteiger partial charge is 0.245 e. The Balaban J connectivity index is 1.35. The lowest BCUT2D eigenvalue weighted by Gasteiger charge is -2.33. The fraction of sp³-hybridized carbons (Fsp3) is 0.526. The third-order valence-corrected chi connectivity index (χ3v) is 4.95. The van der Waals surface area contributed by atoms with Gasteiger partial charge < -0.3 is 20.4 Å². The molecule has 2 aliphatic rings. The first-order valence-electron chi connectivity index (χ1n) is 9.13. The van der Waals surface area contributed by atoms with E-state index in [1.165, 1.54) is 10.5 Å². The molecule has 2 N–H and O–H groups in total. The number of nitrogens with one attached hydrogen (secondary N) is 2. The highest BCUT2D eigenvalue weighted by Crippen LogP contribution is 2.23. The minimum atomic E-state index is -0.418. The molecule has 140 valence electrons. The van der Waals surface area contributed by atoms with Gasteiger partial charge in [0, 0.05) is 32.6 Å². The Morgan fingerprint density at radius 2 is 2.00 bits per heavy atom. The number of piperazine rings is 1. The standard InChI is InChI=1S/C19H26N4O3/c1-22-13-18(25)23-12-15(10-16(23)19(22)26)21-17(24)8-5-9-20-11-14-6-3-2-4-7-14/h2-4,6-7,15-16,20H,5,8-13H2,1H3,(H,21,24)/t15-,16+/m1/s1. The summed E-state index contributed by atoms with van der Waals surface area (Å²) in [5.74, 6) is -0.102. The summed E-state index contributed by atoms with van der Waals surface area (Å²) in [6, 6.07) is 9.58. The molecule has 2 heterocycles. The molecule has 3 rings (SSSR count). The fourth-order valence-corrected chi connectivity index (χ4v) is 3.58. The zero-order valence-corrected chi connectivity index (χ0v) is 15.1. The third-order valence-electron chi connectivity index (χ3n) is 4.95. The Labute approximate surface area is 153 Å². The van der Waals surface area contributed by atoms with E-state index in [9.17, 15) is 14.4 Å². The predicted molar refractivity (Wildman–Crippen MR) is 97.1 cm³/mol. The first kappa shape index (κ1) is 18.4. The molecule has 0 radical (unpaired) electrons. The number of carbonyl (C=O) groups excluding carboxylic acids is 3. The van der Waals surface area contributed by atoms with E-state index in [-0.39, 0.29) is 30.3 Å². The van der Waals surface area contributed by atoms with Gasteiger partial charge in [0.05, 0.1) is 6.54 Å². The molecule has 2 aliphatic heterocycles. The molecule has 0 bridgehead atoms. The maximum atomic E-state index is 12.2. The van der Waals surface area contributed by atoms with Gasteiger partial charge in [-0.15, -0.1) is 0 Å². The molecule has 26 heavy (non-hydrogen) atoms. The third kappa shape index (κ3) is 4.40. The van der Waals surface area contributed by atoms with Crippen LogP contribution in [0.4, 0.5) is 0 Å². The number of hydrogen-bond acceptors (Lipinski definition) is 4. The molecule has 0 saturated carbocycles. The summed E-state index contributed by atoms with van der Waals surface area (Å²) in [5, 5.41) is 6.29. The maximum Gasteiger partial charge on any atom is 0.245 e. The number of carbonyl (C=O) groups is 3. The van der Waals surface area contributed by atoms with E-state index in [0.29, 0.717) is 19.4 Å². The van der Waals surface area contributed by atoms with Gasteiger partial charge in [-0.25, -0.2) is 0 Å². The van der Waals surface area contributed by atoms with E-state index < -0.39 is 6.04 Å². The minimum absolute atomic E-state index is 0.0235. The Morgan fingerprint density at radius 1 is 1.23 bits per heavy atom. The molecule has 2 atom stereocenters. The SMILES string of the molecule is CN1CC(=O)N2C[C@H](NC(=O)CCCNCc3ccccc3)C[C@H]2C1=O. The molecular weight excluding hydrogens is 332 g/mol. The molecule has 0 aliphatic carbocycles. The van der Waals surface area contributed by atoms with Crippen LogP contribution in [0.3, 0.4) is 0 Å². The Hall–Kier alpha value is -2.41. The van der Waals surface area contributed by atoms with Crippen LogP contribution in [-0.2, 0) is 20.9 Å². The second-order valence-electron chi connectivity index (χ2n) is 7.02. The van der Waals surface area contributed by atoms with Crippen molar-refractivity contribution in [1.82, 2.24) is 20.4 Å². The molecule has 0 aromatic heterocycles. The average molecular weight is 358 g/mol. The monoisotopic (exact) mass is 358 g/mol. The summed E-state index contributed by atoms with van der Waals surface area (Å²) in [6.07, 6.45) is 1.69. The first-order valence-corrected chi connectivity index (χ1v) is 9.13. The highest BCUT2D eigenvalue weighted by Gasteiger charge is 2.44. The van der Waals surface area contributed by atoms with E-state index in [1.807, 2.05) is 18.2 Å². The number of fused-ring (bicyclic) bond motifs is 1. The van der Waals surface area contributed by atoms with Gasteiger partial charge in [-0.3, -0.25) is 14.4 Å². The Bertz CT molecular complexity index is 664. The van der Waals surface area contributed by atoms with Crippen molar-refractivity contribution in [3.8, 4) is 0 Å². The molecular formula is C19H26N4O3. The molecule has 3 amide bonds. The minimum Gasteiger partial charge on any atom is -0.351 e. The zero-order chi connectivity index (χ0) is 18.5. The van der Waals surface area contributed by atoms with Gasteiger partial charge in [0.25, 0.3) is 0 Å². The Morgan fingerprint density at radius 3 is 2.77 bits per heavy atom. The summed E-state index contributed by atoms with van der Waals surface area (Å²) < 4.78 is 0. The van der Waals surface area contributed by atoms with Gasteiger partial charge >= 0.3 is 0 Å². The molecule has 1 aromatic carbocycles. The lowest BCUT2D eigenvalue weighted by atomic mass is 10.1. The lowest BCUT2D eigenvalue weighted by Crippen LogP contribution is -2.55. The molecule has 7 heteroatoms. The van der Waals surface area contributed by atoms with Gasteiger partial charge in [-0.1, -0.05) is 30.3 Å². The number of rotatable bonds is 7. The van der Waals surface area contributed by atoms with Crippen LogP contribution in [0.5, 0.6) is 0 Å². The summed E-state index contributed by atoms with van der Waals surface area (Å²) in [5.41, 5.74) is 1.22.